The highest BCUT2D eigenvalue weighted by atomic mass is 13.9. The van der Waals surface area contributed by atoms with Gasteiger partial charge in [0.05, 0.1) is 0 Å². The molecule has 0 amide bonds. The van der Waals surface area contributed by atoms with Gasteiger partial charge in [-0.05, 0) is 0 Å². The van der Waals surface area contributed by atoms with E-state index in [4.69, 9.17) is 0 Å². The number of hydrogen-bond donors (Lipinski definition) is 0. The van der Waals surface area contributed by atoms with Crippen molar-refractivity contribution in [3.8, 4) is 0 Å². The van der Waals surface area contributed by atoms with Gasteiger partial charge in [-0.25, -0.2) is 0 Å². The van der Waals surface area contributed by atoms with E-state index in [0.29, 0.717) is 0 Å². The topological polar surface area (TPSA) is 0 Å². The van der Waals surface area contributed by atoms with Gasteiger partial charge >= 0.3 is 0 Å². The standard InChI is InChI=1S/C7H16.4C6H6/c1-3-5-7-6-4-2;4*1-2-4-6-5-3-1/h3-7H2,1-2H3;4*1-6H. The van der Waals surface area contributed by atoms with E-state index in [2.05, 4.69) is 13.8 Å². The Labute approximate surface area is 191 Å². The van der Waals surface area contributed by atoms with Crippen molar-refractivity contribution in [2.75, 3.05) is 0 Å². The van der Waals surface area contributed by atoms with Crippen molar-refractivity contribution in [2.45, 2.75) is 46.0 Å². The van der Waals surface area contributed by atoms with Crippen LogP contribution in [-0.2, 0) is 0 Å². The van der Waals surface area contributed by atoms with Gasteiger partial charge in [-0.1, -0.05) is 192 Å². The molecule has 0 nitrogen and oxygen atoms in total. The van der Waals surface area contributed by atoms with Crippen LogP contribution in [0.3, 0.4) is 0 Å². The molecule has 4 aromatic rings. The molecule has 0 aliphatic heterocycles. The summed E-state index contributed by atoms with van der Waals surface area (Å²) in [6, 6.07) is 48.0. The highest BCUT2D eigenvalue weighted by Gasteiger charge is 1.80. The van der Waals surface area contributed by atoms with E-state index in [1.807, 2.05) is 146 Å². The average molecular weight is 413 g/mol. The van der Waals surface area contributed by atoms with Gasteiger partial charge in [-0.2, -0.15) is 0 Å². The van der Waals surface area contributed by atoms with Crippen LogP contribution in [-0.4, -0.2) is 0 Å². The first-order valence-electron chi connectivity index (χ1n) is 11.4. The van der Waals surface area contributed by atoms with Crippen molar-refractivity contribution < 1.29 is 0 Å². The second-order valence-corrected chi connectivity index (χ2v) is 6.68. The lowest BCUT2D eigenvalue weighted by molar-refractivity contribution is 0.656. The minimum atomic E-state index is 1.36. The van der Waals surface area contributed by atoms with Gasteiger partial charge in [0.1, 0.15) is 0 Å². The molecule has 0 aliphatic carbocycles. The van der Waals surface area contributed by atoms with Crippen LogP contribution in [0.1, 0.15) is 46.0 Å². The van der Waals surface area contributed by atoms with E-state index in [1.165, 1.54) is 32.1 Å². The minimum Gasteiger partial charge on any atom is -0.0654 e. The van der Waals surface area contributed by atoms with Gasteiger partial charge < -0.3 is 0 Å². The Morgan fingerprint density at radius 3 is 0.452 bits per heavy atom. The zero-order valence-electron chi connectivity index (χ0n) is 19.4. The second kappa shape index (κ2) is 26.9. The molecule has 0 fully saturated rings. The maximum Gasteiger partial charge on any atom is -0.0533 e. The van der Waals surface area contributed by atoms with E-state index >= 15 is 0 Å². The molecule has 4 aromatic carbocycles. The van der Waals surface area contributed by atoms with Crippen LogP contribution in [0.2, 0.25) is 0 Å². The number of rotatable bonds is 4. The zero-order chi connectivity index (χ0) is 22.5. The molecule has 0 saturated heterocycles. The van der Waals surface area contributed by atoms with Crippen LogP contribution >= 0.6 is 0 Å². The molecule has 0 spiro atoms. The summed E-state index contributed by atoms with van der Waals surface area (Å²) in [5, 5.41) is 0. The van der Waals surface area contributed by atoms with Crippen LogP contribution in [0.25, 0.3) is 0 Å². The monoisotopic (exact) mass is 412 g/mol. The van der Waals surface area contributed by atoms with Crippen molar-refractivity contribution in [2.24, 2.45) is 0 Å². The fourth-order valence-corrected chi connectivity index (χ4v) is 2.22. The first-order chi connectivity index (χ1) is 15.4. The van der Waals surface area contributed by atoms with Crippen molar-refractivity contribution in [1.82, 2.24) is 0 Å². The Bertz CT molecular complexity index is 485. The molecule has 0 aliphatic rings. The third kappa shape index (κ3) is 26.9. The molecule has 0 bridgehead atoms. The summed E-state index contributed by atoms with van der Waals surface area (Å²) in [5.74, 6) is 0. The molecule has 0 radical (unpaired) electrons. The number of unbranched alkanes of at least 4 members (excludes halogenated alkanes) is 4. The van der Waals surface area contributed by atoms with Crippen molar-refractivity contribution >= 4 is 0 Å². The van der Waals surface area contributed by atoms with E-state index in [-0.39, 0.29) is 0 Å². The summed E-state index contributed by atoms with van der Waals surface area (Å²) < 4.78 is 0. The second-order valence-electron chi connectivity index (χ2n) is 6.68. The molecule has 0 atom stereocenters. The summed E-state index contributed by atoms with van der Waals surface area (Å²) >= 11 is 0. The van der Waals surface area contributed by atoms with E-state index in [9.17, 15) is 0 Å². The largest absolute Gasteiger partial charge is 0.0654 e. The predicted molar refractivity (Wildman–Crippen MR) is 140 cm³/mol. The fraction of sp³-hybridized carbons (Fsp3) is 0.226. The Kier molecular flexibility index (Phi) is 24.2. The van der Waals surface area contributed by atoms with Crippen molar-refractivity contribution in [1.29, 1.82) is 0 Å². The molecule has 31 heavy (non-hydrogen) atoms. The number of hydrogen-bond acceptors (Lipinski definition) is 0. The highest BCUT2D eigenvalue weighted by molar-refractivity contribution is 5.00. The Morgan fingerprint density at radius 1 is 0.226 bits per heavy atom. The Hall–Kier alpha value is -3.12. The van der Waals surface area contributed by atoms with Gasteiger partial charge in [0.25, 0.3) is 0 Å². The third-order valence-corrected chi connectivity index (χ3v) is 3.87. The van der Waals surface area contributed by atoms with Gasteiger partial charge in [0.15, 0.2) is 0 Å². The first kappa shape index (κ1) is 27.9. The van der Waals surface area contributed by atoms with Gasteiger partial charge in [0, 0.05) is 0 Å². The molecule has 0 N–H and O–H groups in total. The van der Waals surface area contributed by atoms with Gasteiger partial charge in [0.2, 0.25) is 0 Å². The van der Waals surface area contributed by atoms with Gasteiger partial charge in [-0.15, -0.1) is 0 Å². The molecule has 4 rings (SSSR count). The summed E-state index contributed by atoms with van der Waals surface area (Å²) in [5.41, 5.74) is 0. The van der Waals surface area contributed by atoms with Crippen molar-refractivity contribution in [3.63, 3.8) is 0 Å². The average Bonchev–Trinajstić information content (AvgIpc) is 2.90. The molecule has 164 valence electrons. The fourth-order valence-electron chi connectivity index (χ4n) is 2.22. The highest BCUT2D eigenvalue weighted by Crippen LogP contribution is 2.00. The van der Waals surface area contributed by atoms with E-state index in [0.717, 1.165) is 0 Å². The molecule has 0 heterocycles. The lowest BCUT2D eigenvalue weighted by Crippen LogP contribution is -1.70. The first-order valence-corrected chi connectivity index (χ1v) is 11.4. The summed E-state index contributed by atoms with van der Waals surface area (Å²) in [4.78, 5) is 0. The summed E-state index contributed by atoms with van der Waals surface area (Å²) in [7, 11) is 0. The van der Waals surface area contributed by atoms with Crippen LogP contribution in [0.4, 0.5) is 0 Å². The van der Waals surface area contributed by atoms with Crippen LogP contribution in [0, 0.1) is 0 Å². The molecule has 0 heteroatoms. The Balaban J connectivity index is 0.000000363. The Morgan fingerprint density at radius 2 is 0.355 bits per heavy atom. The SMILES string of the molecule is CCCCCCC.c1ccccc1.c1ccccc1.c1ccccc1.c1ccccc1. The van der Waals surface area contributed by atoms with Gasteiger partial charge in [-0.3, -0.25) is 0 Å². The maximum absolute atomic E-state index is 2.25. The summed E-state index contributed by atoms with van der Waals surface area (Å²) in [6.45, 7) is 4.49. The van der Waals surface area contributed by atoms with Crippen molar-refractivity contribution in [3.05, 3.63) is 146 Å². The maximum atomic E-state index is 2.25. The van der Waals surface area contributed by atoms with E-state index in [1.54, 1.807) is 0 Å². The molecule has 0 aromatic heterocycles. The normalized spacial score (nSPS) is 8.32. The molecule has 0 saturated carbocycles. The van der Waals surface area contributed by atoms with E-state index < -0.39 is 0 Å². The predicted octanol–water partition coefficient (Wildman–Crippen LogP) is 9.72. The third-order valence-electron chi connectivity index (χ3n) is 3.87. The number of benzene rings is 4. The summed E-state index contributed by atoms with van der Waals surface area (Å²) in [6.07, 6.45) is 7.01. The zero-order valence-corrected chi connectivity index (χ0v) is 19.4. The lowest BCUT2D eigenvalue weighted by Gasteiger charge is -1.90. The minimum absolute atomic E-state index is 1.36. The molecular weight excluding hydrogens is 372 g/mol. The quantitative estimate of drug-likeness (QED) is 0.293. The van der Waals surface area contributed by atoms with Crippen LogP contribution in [0.5, 0.6) is 0 Å². The molecule has 0 unspecified atom stereocenters. The van der Waals surface area contributed by atoms with Crippen LogP contribution in [0.15, 0.2) is 146 Å². The smallest absolute Gasteiger partial charge is 0.0533 e. The molecular formula is C31H40. The van der Waals surface area contributed by atoms with Crippen LogP contribution < -0.4 is 0 Å². The lowest BCUT2D eigenvalue weighted by atomic mass is 10.2.